The van der Waals surface area contributed by atoms with Gasteiger partial charge in [0.05, 0.1) is 16.6 Å². The summed E-state index contributed by atoms with van der Waals surface area (Å²) in [6, 6.07) is 17.7. The highest BCUT2D eigenvalue weighted by Crippen LogP contribution is 2.32. The van der Waals surface area contributed by atoms with Crippen molar-refractivity contribution in [3.05, 3.63) is 70.9 Å². The molecular weight excluding hydrogens is 396 g/mol. The van der Waals surface area contributed by atoms with Gasteiger partial charge in [-0.2, -0.15) is 4.98 Å². The van der Waals surface area contributed by atoms with E-state index >= 15 is 0 Å². The monoisotopic (exact) mass is 416 g/mol. The van der Waals surface area contributed by atoms with Crippen LogP contribution < -0.4 is 4.90 Å². The number of hydrogen-bond donors (Lipinski definition) is 0. The van der Waals surface area contributed by atoms with Gasteiger partial charge in [-0.05, 0) is 24.6 Å². The van der Waals surface area contributed by atoms with Crippen molar-refractivity contribution in [3.63, 3.8) is 0 Å². The molecule has 0 bridgehead atoms. The minimum atomic E-state index is -0.104. The summed E-state index contributed by atoms with van der Waals surface area (Å²) in [4.78, 5) is 23.5. The fourth-order valence-corrected chi connectivity index (χ4v) is 4.43. The molecule has 30 heavy (non-hydrogen) atoms. The molecule has 1 aliphatic rings. The van der Waals surface area contributed by atoms with Crippen molar-refractivity contribution in [1.82, 2.24) is 15.1 Å². The van der Waals surface area contributed by atoms with Crippen molar-refractivity contribution < 1.29 is 9.32 Å². The highest BCUT2D eigenvalue weighted by Gasteiger charge is 2.35. The van der Waals surface area contributed by atoms with Crippen molar-refractivity contribution in [1.29, 1.82) is 0 Å². The molecule has 6 nitrogen and oxygen atoms in total. The van der Waals surface area contributed by atoms with Crippen LogP contribution in [0.2, 0.25) is 0 Å². The van der Waals surface area contributed by atoms with Gasteiger partial charge in [0.15, 0.2) is 0 Å². The van der Waals surface area contributed by atoms with Gasteiger partial charge in [0.25, 0.3) is 0 Å². The number of carbonyl (C=O) groups is 1. The highest BCUT2D eigenvalue weighted by atomic mass is 32.1. The third kappa shape index (κ3) is 3.52. The summed E-state index contributed by atoms with van der Waals surface area (Å²) >= 11 is 1.67. The maximum absolute atomic E-state index is 12.5. The van der Waals surface area contributed by atoms with Crippen molar-refractivity contribution in [2.24, 2.45) is 0 Å². The number of thiazole rings is 1. The maximum atomic E-state index is 12.5. The van der Waals surface area contributed by atoms with Crippen molar-refractivity contribution in [3.8, 4) is 22.6 Å². The summed E-state index contributed by atoms with van der Waals surface area (Å²) in [6.45, 7) is 2.65. The number of nitrogens with zero attached hydrogens (tertiary/aromatic N) is 4. The number of hydrogen-bond acceptors (Lipinski definition) is 6. The molecule has 0 N–H and O–H groups in total. The Bertz CT molecular complexity index is 1180. The Hall–Kier alpha value is -3.32. The quantitative estimate of drug-likeness (QED) is 0.461. The summed E-state index contributed by atoms with van der Waals surface area (Å²) in [6.07, 6.45) is 1.30. The molecule has 0 unspecified atom stereocenters. The first kappa shape index (κ1) is 18.7. The maximum Gasteiger partial charge on any atom is 0.232 e. The molecule has 0 spiro atoms. The molecule has 2 aromatic heterocycles. The van der Waals surface area contributed by atoms with Crippen LogP contribution in [0.5, 0.6) is 0 Å². The van der Waals surface area contributed by atoms with Gasteiger partial charge in [0.2, 0.25) is 17.6 Å². The molecule has 1 saturated heterocycles. The second-order valence-corrected chi connectivity index (χ2v) is 8.20. The Kier molecular flexibility index (Phi) is 4.88. The van der Waals surface area contributed by atoms with E-state index in [0.717, 1.165) is 33.9 Å². The van der Waals surface area contributed by atoms with Gasteiger partial charge in [-0.15, -0.1) is 11.3 Å². The van der Waals surface area contributed by atoms with Crippen LogP contribution in [0.1, 0.15) is 30.2 Å². The minimum Gasteiger partial charge on any atom is -0.339 e. The van der Waals surface area contributed by atoms with E-state index in [1.54, 1.807) is 16.2 Å². The Labute approximate surface area is 178 Å². The predicted molar refractivity (Wildman–Crippen MR) is 116 cm³/mol. The van der Waals surface area contributed by atoms with Crippen LogP contribution in [0.3, 0.4) is 0 Å². The summed E-state index contributed by atoms with van der Waals surface area (Å²) < 4.78 is 5.55. The Morgan fingerprint density at radius 1 is 1.10 bits per heavy atom. The third-order valence-corrected chi connectivity index (χ3v) is 6.25. The summed E-state index contributed by atoms with van der Waals surface area (Å²) in [5, 5.41) is 7.36. The summed E-state index contributed by atoms with van der Waals surface area (Å²) in [7, 11) is 0. The number of carbonyl (C=O) groups excluding carboxylic acids is 1. The van der Waals surface area contributed by atoms with Crippen LogP contribution in [-0.4, -0.2) is 27.6 Å². The van der Waals surface area contributed by atoms with E-state index in [2.05, 4.69) is 27.4 Å². The van der Waals surface area contributed by atoms with Gasteiger partial charge in [-0.1, -0.05) is 48.5 Å². The number of para-hydroxylation sites is 1. The van der Waals surface area contributed by atoms with Crippen LogP contribution in [0.4, 0.5) is 5.69 Å². The van der Waals surface area contributed by atoms with Crippen molar-refractivity contribution >= 4 is 22.9 Å². The number of amides is 1. The lowest BCUT2D eigenvalue weighted by Gasteiger charge is -2.15. The average molecular weight is 417 g/mol. The van der Waals surface area contributed by atoms with Crippen LogP contribution >= 0.6 is 11.3 Å². The van der Waals surface area contributed by atoms with Crippen LogP contribution in [0.15, 0.2) is 64.5 Å². The Morgan fingerprint density at radius 3 is 2.73 bits per heavy atom. The first-order valence-corrected chi connectivity index (χ1v) is 10.8. The molecule has 5 rings (SSSR count). The fraction of sp³-hybridized carbons (Fsp3) is 0.217. The molecule has 0 saturated carbocycles. The number of aromatic nitrogens is 3. The summed E-state index contributed by atoms with van der Waals surface area (Å²) in [5.74, 6) is 1.00. The second-order valence-electron chi connectivity index (χ2n) is 7.26. The fourth-order valence-electron chi connectivity index (χ4n) is 3.67. The summed E-state index contributed by atoms with van der Waals surface area (Å²) in [5.41, 5.74) is 3.76. The van der Waals surface area contributed by atoms with Gasteiger partial charge in [-0.25, -0.2) is 4.98 Å². The normalized spacial score (nSPS) is 16.4. The zero-order chi connectivity index (χ0) is 20.5. The van der Waals surface area contributed by atoms with E-state index in [9.17, 15) is 4.79 Å². The Morgan fingerprint density at radius 2 is 1.93 bits per heavy atom. The predicted octanol–water partition coefficient (Wildman–Crippen LogP) is 4.94. The number of rotatable bonds is 5. The largest absolute Gasteiger partial charge is 0.339 e. The Balaban J connectivity index is 1.37. The van der Waals surface area contributed by atoms with Gasteiger partial charge in [0.1, 0.15) is 0 Å². The van der Waals surface area contributed by atoms with Gasteiger partial charge < -0.3 is 9.42 Å². The van der Waals surface area contributed by atoms with E-state index in [4.69, 9.17) is 4.52 Å². The highest BCUT2D eigenvalue weighted by molar-refractivity contribution is 7.09. The molecule has 0 radical (unpaired) electrons. The lowest BCUT2D eigenvalue weighted by atomic mass is 10.1. The smallest absolute Gasteiger partial charge is 0.232 e. The van der Waals surface area contributed by atoms with E-state index in [1.807, 2.05) is 54.6 Å². The zero-order valence-electron chi connectivity index (χ0n) is 16.5. The van der Waals surface area contributed by atoms with E-state index in [0.29, 0.717) is 24.7 Å². The molecular formula is C23H20N4O2S. The molecule has 3 heterocycles. The first-order valence-electron chi connectivity index (χ1n) is 9.95. The minimum absolute atomic E-state index is 0.0724. The zero-order valence-corrected chi connectivity index (χ0v) is 17.3. The van der Waals surface area contributed by atoms with Crippen LogP contribution in [0.25, 0.3) is 22.6 Å². The molecule has 7 heteroatoms. The topological polar surface area (TPSA) is 72.1 Å². The van der Waals surface area contributed by atoms with E-state index < -0.39 is 0 Å². The van der Waals surface area contributed by atoms with Crippen LogP contribution in [0, 0.1) is 0 Å². The van der Waals surface area contributed by atoms with Gasteiger partial charge in [-0.3, -0.25) is 4.79 Å². The molecule has 2 aromatic carbocycles. The van der Waals surface area contributed by atoms with Crippen LogP contribution in [-0.2, 0) is 11.2 Å². The molecule has 1 atom stereocenters. The first-order chi connectivity index (χ1) is 14.7. The van der Waals surface area contributed by atoms with Gasteiger partial charge >= 0.3 is 0 Å². The van der Waals surface area contributed by atoms with E-state index in [1.165, 1.54) is 0 Å². The standard InChI is InChI=1S/C23H20N4O2S/c1-2-20-24-19(14-30-20)15-7-6-8-16(11-15)22-25-23(29-26-22)17-12-21(28)27(13-17)18-9-4-3-5-10-18/h3-11,14,17H,2,12-13H2,1H3/t17-/m0/s1. The van der Waals surface area contributed by atoms with Gasteiger partial charge in [0, 0.05) is 35.2 Å². The molecule has 1 aliphatic heterocycles. The SMILES string of the molecule is CCc1nc(-c2cccc(-c3noc([C@H]4CC(=O)N(c5ccccc5)C4)n3)c2)cs1. The molecule has 0 aliphatic carbocycles. The molecule has 1 amide bonds. The second kappa shape index (κ2) is 7.84. The number of benzene rings is 2. The van der Waals surface area contributed by atoms with Crippen molar-refractivity contribution in [2.45, 2.75) is 25.7 Å². The number of aryl methyl sites for hydroxylation is 1. The molecule has 1 fully saturated rings. The lowest BCUT2D eigenvalue weighted by Crippen LogP contribution is -2.24. The van der Waals surface area contributed by atoms with E-state index in [-0.39, 0.29) is 11.8 Å². The lowest BCUT2D eigenvalue weighted by molar-refractivity contribution is -0.117. The average Bonchev–Trinajstić information content (AvgIpc) is 3.54. The number of anilines is 1. The third-order valence-electron chi connectivity index (χ3n) is 5.25. The van der Waals surface area contributed by atoms with Crippen molar-refractivity contribution in [2.75, 3.05) is 11.4 Å². The molecule has 150 valence electrons. The molecule has 4 aromatic rings.